The molecule has 0 atom stereocenters. The quantitative estimate of drug-likeness (QED) is 0.656. The summed E-state index contributed by atoms with van der Waals surface area (Å²) in [6.07, 6.45) is 3.03. The Morgan fingerprint density at radius 3 is 2.25 bits per heavy atom. The van der Waals surface area contributed by atoms with Crippen LogP contribution in [0.2, 0.25) is 0 Å². The highest BCUT2D eigenvalue weighted by Gasteiger charge is 1.98. The van der Waals surface area contributed by atoms with E-state index in [9.17, 15) is 0 Å². The van der Waals surface area contributed by atoms with Crippen molar-refractivity contribution in [2.24, 2.45) is 5.73 Å². The van der Waals surface area contributed by atoms with Gasteiger partial charge in [-0.15, -0.1) is 0 Å². The van der Waals surface area contributed by atoms with Gasteiger partial charge in [-0.2, -0.15) is 0 Å². The summed E-state index contributed by atoms with van der Waals surface area (Å²) in [6, 6.07) is 0. The summed E-state index contributed by atoms with van der Waals surface area (Å²) in [5.74, 6) is 1.80. The minimum Gasteiger partial charge on any atom is -0.465 e. The van der Waals surface area contributed by atoms with Gasteiger partial charge >= 0.3 is 0 Å². The molecular formula is C10H19NO. The third kappa shape index (κ3) is 4.19. The van der Waals surface area contributed by atoms with Gasteiger partial charge in [-0.1, -0.05) is 6.92 Å². The first kappa shape index (κ1) is 11.2. The molecule has 0 aliphatic rings. The van der Waals surface area contributed by atoms with Gasteiger partial charge < -0.3 is 10.5 Å². The summed E-state index contributed by atoms with van der Waals surface area (Å²) in [6.45, 7) is 8.50. The minimum absolute atomic E-state index is 0.469. The first-order valence-electron chi connectivity index (χ1n) is 4.32. The molecule has 0 aromatic heterocycles. The van der Waals surface area contributed by atoms with Gasteiger partial charge in [0.2, 0.25) is 0 Å². The first-order chi connectivity index (χ1) is 5.61. The van der Waals surface area contributed by atoms with E-state index in [-0.39, 0.29) is 0 Å². The molecule has 0 aliphatic heterocycles. The average Bonchev–Trinajstić information content (AvgIpc) is 2.00. The lowest BCUT2D eigenvalue weighted by Crippen LogP contribution is -2.07. The highest BCUT2D eigenvalue weighted by Crippen LogP contribution is 2.09. The predicted octanol–water partition coefficient (Wildman–Crippen LogP) is 2.57. The van der Waals surface area contributed by atoms with Crippen molar-refractivity contribution in [2.45, 2.75) is 34.1 Å². The number of hydrogen-bond acceptors (Lipinski definition) is 2. The van der Waals surface area contributed by atoms with Crippen LogP contribution in [0.3, 0.4) is 0 Å². The molecule has 0 amide bonds. The maximum absolute atomic E-state index is 5.52. The van der Waals surface area contributed by atoms with E-state index in [1.165, 1.54) is 0 Å². The van der Waals surface area contributed by atoms with Crippen LogP contribution in [0.1, 0.15) is 34.1 Å². The molecule has 0 spiro atoms. The largest absolute Gasteiger partial charge is 0.465 e. The molecule has 0 rings (SSSR count). The van der Waals surface area contributed by atoms with Gasteiger partial charge in [0.1, 0.15) is 5.76 Å². The zero-order chi connectivity index (χ0) is 9.56. The standard InChI is InChI=1S/C10H19NO/c1-5-6-9(4)12-10(7-11)8(2)3/h6H,5,7,11H2,1-4H3/b9-6-. The number of nitrogens with two attached hydrogens (primary N) is 1. The normalized spacial score (nSPS) is 11.2. The Bertz CT molecular complexity index is 188. The average molecular weight is 169 g/mol. The van der Waals surface area contributed by atoms with Gasteiger partial charge in [0.25, 0.3) is 0 Å². The van der Waals surface area contributed by atoms with Crippen LogP contribution >= 0.6 is 0 Å². The van der Waals surface area contributed by atoms with Crippen LogP contribution in [-0.2, 0) is 4.74 Å². The maximum Gasteiger partial charge on any atom is 0.116 e. The van der Waals surface area contributed by atoms with E-state index < -0.39 is 0 Å². The Labute approximate surface area is 75.1 Å². The van der Waals surface area contributed by atoms with Gasteiger partial charge in [-0.25, -0.2) is 0 Å². The third-order valence-corrected chi connectivity index (χ3v) is 1.52. The van der Waals surface area contributed by atoms with Crippen molar-refractivity contribution >= 4 is 0 Å². The first-order valence-corrected chi connectivity index (χ1v) is 4.32. The van der Waals surface area contributed by atoms with Crippen molar-refractivity contribution in [2.75, 3.05) is 6.54 Å². The highest BCUT2D eigenvalue weighted by atomic mass is 16.5. The fourth-order valence-corrected chi connectivity index (χ4v) is 0.871. The second kappa shape index (κ2) is 5.84. The Morgan fingerprint density at radius 2 is 1.92 bits per heavy atom. The zero-order valence-electron chi connectivity index (χ0n) is 8.48. The lowest BCUT2D eigenvalue weighted by molar-refractivity contribution is 0.296. The summed E-state index contributed by atoms with van der Waals surface area (Å²) in [4.78, 5) is 0. The number of rotatable bonds is 4. The van der Waals surface area contributed by atoms with Crippen LogP contribution in [0, 0.1) is 0 Å². The van der Waals surface area contributed by atoms with Gasteiger partial charge in [-0.3, -0.25) is 0 Å². The molecular weight excluding hydrogens is 150 g/mol. The van der Waals surface area contributed by atoms with Crippen molar-refractivity contribution in [1.29, 1.82) is 0 Å². The predicted molar refractivity (Wildman–Crippen MR) is 52.6 cm³/mol. The molecule has 0 aromatic rings. The van der Waals surface area contributed by atoms with Crippen molar-refractivity contribution in [3.05, 3.63) is 23.2 Å². The van der Waals surface area contributed by atoms with E-state index in [0.29, 0.717) is 6.54 Å². The Morgan fingerprint density at radius 1 is 1.33 bits per heavy atom. The topological polar surface area (TPSA) is 35.2 Å². The summed E-state index contributed by atoms with van der Waals surface area (Å²) in [5.41, 5.74) is 6.65. The molecule has 12 heavy (non-hydrogen) atoms. The molecule has 0 radical (unpaired) electrons. The lowest BCUT2D eigenvalue weighted by Gasteiger charge is -2.09. The summed E-state index contributed by atoms with van der Waals surface area (Å²) in [7, 11) is 0. The van der Waals surface area contributed by atoms with Crippen molar-refractivity contribution in [1.82, 2.24) is 0 Å². The molecule has 0 saturated carbocycles. The van der Waals surface area contributed by atoms with E-state index in [0.717, 1.165) is 23.5 Å². The molecule has 0 aliphatic carbocycles. The second-order valence-electron chi connectivity index (χ2n) is 2.95. The number of ether oxygens (including phenoxy) is 1. The van der Waals surface area contributed by atoms with Gasteiger partial charge in [0.05, 0.1) is 12.3 Å². The fourth-order valence-electron chi connectivity index (χ4n) is 0.871. The van der Waals surface area contributed by atoms with Crippen LogP contribution in [-0.4, -0.2) is 6.54 Å². The SMILES string of the molecule is CC/C=C(/C)OC(CN)=C(C)C. The second-order valence-corrected chi connectivity index (χ2v) is 2.95. The minimum atomic E-state index is 0.469. The molecule has 70 valence electrons. The molecule has 0 bridgehead atoms. The smallest absolute Gasteiger partial charge is 0.116 e. The molecule has 2 nitrogen and oxygen atoms in total. The molecule has 2 heteroatoms. The van der Waals surface area contributed by atoms with Crippen molar-refractivity contribution in [3.8, 4) is 0 Å². The van der Waals surface area contributed by atoms with E-state index in [2.05, 4.69) is 6.92 Å². The number of allylic oxidation sites excluding steroid dienone is 3. The summed E-state index contributed by atoms with van der Waals surface area (Å²) in [5, 5.41) is 0. The van der Waals surface area contributed by atoms with Crippen molar-refractivity contribution < 1.29 is 4.74 Å². The van der Waals surface area contributed by atoms with Crippen LogP contribution in [0.5, 0.6) is 0 Å². The van der Waals surface area contributed by atoms with Gasteiger partial charge in [0.15, 0.2) is 0 Å². The van der Waals surface area contributed by atoms with Crippen LogP contribution < -0.4 is 5.73 Å². The maximum atomic E-state index is 5.52. The van der Waals surface area contributed by atoms with Crippen molar-refractivity contribution in [3.63, 3.8) is 0 Å². The monoisotopic (exact) mass is 169 g/mol. The van der Waals surface area contributed by atoms with Crippen LogP contribution in [0.4, 0.5) is 0 Å². The van der Waals surface area contributed by atoms with E-state index in [4.69, 9.17) is 10.5 Å². The van der Waals surface area contributed by atoms with E-state index in [1.54, 1.807) is 0 Å². The fraction of sp³-hybridized carbons (Fsp3) is 0.600. The summed E-state index contributed by atoms with van der Waals surface area (Å²) < 4.78 is 5.52. The highest BCUT2D eigenvalue weighted by molar-refractivity contribution is 5.07. The van der Waals surface area contributed by atoms with E-state index in [1.807, 2.05) is 26.8 Å². The Hall–Kier alpha value is -0.760. The number of hydrogen-bond donors (Lipinski definition) is 1. The summed E-state index contributed by atoms with van der Waals surface area (Å²) >= 11 is 0. The molecule has 0 saturated heterocycles. The van der Waals surface area contributed by atoms with Gasteiger partial charge in [-0.05, 0) is 38.8 Å². The molecule has 0 heterocycles. The molecule has 0 aromatic carbocycles. The van der Waals surface area contributed by atoms with Crippen LogP contribution in [0.25, 0.3) is 0 Å². The molecule has 0 fully saturated rings. The van der Waals surface area contributed by atoms with Crippen LogP contribution in [0.15, 0.2) is 23.2 Å². The lowest BCUT2D eigenvalue weighted by atomic mass is 10.3. The zero-order valence-corrected chi connectivity index (χ0v) is 8.48. The Kier molecular flexibility index (Phi) is 5.47. The molecule has 2 N–H and O–H groups in total. The van der Waals surface area contributed by atoms with E-state index >= 15 is 0 Å². The third-order valence-electron chi connectivity index (χ3n) is 1.52. The molecule has 0 unspecified atom stereocenters. The van der Waals surface area contributed by atoms with Gasteiger partial charge in [0, 0.05) is 0 Å². The Balaban J connectivity index is 4.23.